The van der Waals surface area contributed by atoms with Crippen molar-refractivity contribution in [3.8, 4) is 0 Å². The van der Waals surface area contributed by atoms with E-state index in [1.165, 1.54) is 18.3 Å². The summed E-state index contributed by atoms with van der Waals surface area (Å²) in [6.07, 6.45) is 0.614. The smallest absolute Gasteiger partial charge is 0.276 e. The van der Waals surface area contributed by atoms with Crippen LogP contribution in [0.15, 0.2) is 27.4 Å². The van der Waals surface area contributed by atoms with Gasteiger partial charge in [0, 0.05) is 31.5 Å². The molecule has 0 radical (unpaired) electrons. The van der Waals surface area contributed by atoms with Crippen molar-refractivity contribution in [1.82, 2.24) is 15.0 Å². The van der Waals surface area contributed by atoms with Crippen LogP contribution in [0.4, 0.5) is 5.69 Å². The van der Waals surface area contributed by atoms with E-state index in [1.54, 1.807) is 27.7 Å². The van der Waals surface area contributed by atoms with Gasteiger partial charge in [0.25, 0.3) is 5.91 Å². The van der Waals surface area contributed by atoms with E-state index >= 15 is 0 Å². The van der Waals surface area contributed by atoms with Crippen LogP contribution in [-0.4, -0.2) is 64.4 Å². The Labute approximate surface area is 160 Å². The van der Waals surface area contributed by atoms with Crippen LogP contribution < -0.4 is 4.90 Å². The van der Waals surface area contributed by atoms with E-state index in [0.717, 1.165) is 5.69 Å². The molecule has 1 atom stereocenters. The fraction of sp³-hybridized carbons (Fsp3) is 0.444. The fourth-order valence-electron chi connectivity index (χ4n) is 3.96. The minimum absolute atomic E-state index is 0.0241. The molecule has 2 aliphatic rings. The van der Waals surface area contributed by atoms with Crippen molar-refractivity contribution >= 4 is 34.7 Å². The summed E-state index contributed by atoms with van der Waals surface area (Å²) in [5.41, 5.74) is 0.515. The Hall–Kier alpha value is -2.68. The van der Waals surface area contributed by atoms with Crippen LogP contribution in [0, 0.1) is 6.92 Å². The molecule has 1 spiro atoms. The molecule has 0 aliphatic carbocycles. The lowest BCUT2D eigenvalue weighted by Crippen LogP contribution is -2.67. The minimum Gasteiger partial charge on any atom is -0.361 e. The standard InChI is InChI=1S/C18H20N4O4S/c1-12-7-15(19-26-12)17(25)20-5-4-18(10-20)11-21(14-3-6-27-9-14)16(24)8-22(18)13(2)23/h3,6-7,9H,4-5,8,10-11H2,1-2H3/t18-/m0/s1. The summed E-state index contributed by atoms with van der Waals surface area (Å²) in [5, 5.41) is 7.65. The van der Waals surface area contributed by atoms with Gasteiger partial charge in [0.05, 0.1) is 17.8 Å². The van der Waals surface area contributed by atoms with Gasteiger partial charge in [-0.05, 0) is 24.8 Å². The number of likely N-dealkylation sites (tertiary alicyclic amines) is 1. The number of carbonyl (C=O) groups is 3. The van der Waals surface area contributed by atoms with Crippen LogP contribution in [0.5, 0.6) is 0 Å². The zero-order valence-electron chi connectivity index (χ0n) is 15.2. The van der Waals surface area contributed by atoms with Crippen molar-refractivity contribution in [3.05, 3.63) is 34.3 Å². The number of amides is 3. The molecule has 4 heterocycles. The zero-order valence-corrected chi connectivity index (χ0v) is 16.0. The van der Waals surface area contributed by atoms with Gasteiger partial charge in [0.2, 0.25) is 11.8 Å². The predicted octanol–water partition coefficient (Wildman–Crippen LogP) is 1.52. The van der Waals surface area contributed by atoms with Crippen molar-refractivity contribution in [2.24, 2.45) is 0 Å². The third-order valence-electron chi connectivity index (χ3n) is 5.28. The fourth-order valence-corrected chi connectivity index (χ4v) is 4.60. The van der Waals surface area contributed by atoms with E-state index in [9.17, 15) is 14.4 Å². The Balaban J connectivity index is 1.61. The van der Waals surface area contributed by atoms with Gasteiger partial charge in [0.15, 0.2) is 5.69 Å². The molecule has 142 valence electrons. The van der Waals surface area contributed by atoms with Crippen LogP contribution in [0.2, 0.25) is 0 Å². The Morgan fingerprint density at radius 3 is 2.78 bits per heavy atom. The van der Waals surface area contributed by atoms with Gasteiger partial charge in [-0.15, -0.1) is 0 Å². The molecule has 2 aliphatic heterocycles. The number of carbonyl (C=O) groups excluding carboxylic acids is 3. The van der Waals surface area contributed by atoms with E-state index < -0.39 is 5.54 Å². The summed E-state index contributed by atoms with van der Waals surface area (Å²) in [5.74, 6) is 0.0988. The van der Waals surface area contributed by atoms with E-state index in [2.05, 4.69) is 5.16 Å². The third-order valence-corrected chi connectivity index (χ3v) is 5.95. The van der Waals surface area contributed by atoms with Gasteiger partial charge in [0.1, 0.15) is 12.3 Å². The van der Waals surface area contributed by atoms with Gasteiger partial charge >= 0.3 is 0 Å². The number of hydrogen-bond donors (Lipinski definition) is 0. The molecule has 0 unspecified atom stereocenters. The average Bonchev–Trinajstić information content (AvgIpc) is 3.37. The largest absolute Gasteiger partial charge is 0.361 e. The molecule has 2 fully saturated rings. The normalized spacial score (nSPS) is 22.7. The van der Waals surface area contributed by atoms with Crippen LogP contribution >= 0.6 is 11.3 Å². The highest BCUT2D eigenvalue weighted by Crippen LogP contribution is 2.35. The molecule has 4 rings (SSSR count). The summed E-state index contributed by atoms with van der Waals surface area (Å²) >= 11 is 1.52. The van der Waals surface area contributed by atoms with Gasteiger partial charge in [-0.1, -0.05) is 5.16 Å². The van der Waals surface area contributed by atoms with Crippen molar-refractivity contribution in [2.45, 2.75) is 25.8 Å². The molecule has 2 aromatic rings. The third kappa shape index (κ3) is 3.01. The van der Waals surface area contributed by atoms with Crippen LogP contribution in [0.1, 0.15) is 29.6 Å². The Kier molecular flexibility index (Phi) is 4.26. The van der Waals surface area contributed by atoms with E-state index in [4.69, 9.17) is 4.52 Å². The Morgan fingerprint density at radius 2 is 2.15 bits per heavy atom. The highest BCUT2D eigenvalue weighted by Gasteiger charge is 2.51. The molecule has 8 nitrogen and oxygen atoms in total. The van der Waals surface area contributed by atoms with Gasteiger partial charge in [-0.2, -0.15) is 11.3 Å². The first-order valence-electron chi connectivity index (χ1n) is 8.73. The summed E-state index contributed by atoms with van der Waals surface area (Å²) in [6.45, 7) is 4.48. The highest BCUT2D eigenvalue weighted by molar-refractivity contribution is 7.08. The lowest BCUT2D eigenvalue weighted by atomic mass is 9.92. The van der Waals surface area contributed by atoms with Gasteiger partial charge in [-0.3, -0.25) is 14.4 Å². The number of aryl methyl sites for hydroxylation is 1. The van der Waals surface area contributed by atoms with Crippen molar-refractivity contribution in [1.29, 1.82) is 0 Å². The molecule has 0 bridgehead atoms. The van der Waals surface area contributed by atoms with Gasteiger partial charge in [-0.25, -0.2) is 0 Å². The number of nitrogens with zero attached hydrogens (tertiary/aromatic N) is 4. The Morgan fingerprint density at radius 1 is 1.33 bits per heavy atom. The molecule has 0 aromatic carbocycles. The second-order valence-electron chi connectivity index (χ2n) is 7.09. The second-order valence-corrected chi connectivity index (χ2v) is 7.87. The highest BCUT2D eigenvalue weighted by atomic mass is 32.1. The molecular formula is C18H20N4O4S. The first-order valence-corrected chi connectivity index (χ1v) is 9.67. The molecule has 2 saturated heterocycles. The molecule has 0 N–H and O–H groups in total. The second kappa shape index (κ2) is 6.49. The predicted molar refractivity (Wildman–Crippen MR) is 98.6 cm³/mol. The zero-order chi connectivity index (χ0) is 19.2. The van der Waals surface area contributed by atoms with E-state index in [1.807, 2.05) is 16.8 Å². The topological polar surface area (TPSA) is 87.0 Å². The van der Waals surface area contributed by atoms with Crippen LogP contribution in [0.25, 0.3) is 0 Å². The molecule has 9 heteroatoms. The van der Waals surface area contributed by atoms with Crippen molar-refractivity contribution in [2.75, 3.05) is 31.1 Å². The number of aromatic nitrogens is 1. The molecule has 3 amide bonds. The maximum absolute atomic E-state index is 12.8. The number of anilines is 1. The van der Waals surface area contributed by atoms with Gasteiger partial charge < -0.3 is 19.2 Å². The maximum Gasteiger partial charge on any atom is 0.276 e. The van der Waals surface area contributed by atoms with Crippen molar-refractivity contribution < 1.29 is 18.9 Å². The summed E-state index contributed by atoms with van der Waals surface area (Å²) in [7, 11) is 0. The molecular weight excluding hydrogens is 368 g/mol. The molecule has 2 aromatic heterocycles. The number of piperazine rings is 1. The molecule has 27 heavy (non-hydrogen) atoms. The van der Waals surface area contributed by atoms with Crippen molar-refractivity contribution in [3.63, 3.8) is 0 Å². The minimum atomic E-state index is -0.587. The van der Waals surface area contributed by atoms with Crippen LogP contribution in [0.3, 0.4) is 0 Å². The lowest BCUT2D eigenvalue weighted by molar-refractivity contribution is -0.142. The monoisotopic (exact) mass is 388 g/mol. The number of rotatable bonds is 2. The van der Waals surface area contributed by atoms with E-state index in [0.29, 0.717) is 31.8 Å². The van der Waals surface area contributed by atoms with Crippen LogP contribution in [-0.2, 0) is 9.59 Å². The molecule has 0 saturated carbocycles. The Bertz CT molecular complexity index is 893. The lowest BCUT2D eigenvalue weighted by Gasteiger charge is -2.47. The number of thiophene rings is 1. The SMILES string of the molecule is CC(=O)N1CC(=O)N(c2ccsc2)C[C@@]12CCN(C(=O)c1cc(C)on1)C2. The summed E-state index contributed by atoms with van der Waals surface area (Å²) in [6, 6.07) is 3.51. The average molecular weight is 388 g/mol. The first-order chi connectivity index (χ1) is 12.9. The first kappa shape index (κ1) is 17.7. The quantitative estimate of drug-likeness (QED) is 0.779. The summed E-state index contributed by atoms with van der Waals surface area (Å²) < 4.78 is 5.01. The maximum atomic E-state index is 12.8. The number of hydrogen-bond acceptors (Lipinski definition) is 6. The summed E-state index contributed by atoms with van der Waals surface area (Å²) in [4.78, 5) is 42.7. The van der Waals surface area contributed by atoms with E-state index in [-0.39, 0.29) is 30.0 Å².